The van der Waals surface area contributed by atoms with Gasteiger partial charge in [0.1, 0.15) is 12.7 Å². The number of hydrogen-bond acceptors (Lipinski definition) is 7. The van der Waals surface area contributed by atoms with Gasteiger partial charge in [0.05, 0.1) is 28.7 Å². The lowest BCUT2D eigenvalue weighted by Gasteiger charge is -2.26. The summed E-state index contributed by atoms with van der Waals surface area (Å²) in [5, 5.41) is 9.92. The van der Waals surface area contributed by atoms with Crippen LogP contribution in [0.25, 0.3) is 5.69 Å². The van der Waals surface area contributed by atoms with Gasteiger partial charge in [-0.1, -0.05) is 12.1 Å². The number of carbonyl (C=O) groups is 2. The Labute approximate surface area is 212 Å². The maximum Gasteiger partial charge on any atom is 0.265 e. The fourth-order valence-corrected chi connectivity index (χ4v) is 4.78. The summed E-state index contributed by atoms with van der Waals surface area (Å²) in [7, 11) is 0. The molecule has 0 aliphatic carbocycles. The Hall–Kier alpha value is -3.86. The van der Waals surface area contributed by atoms with E-state index in [0.717, 1.165) is 61.1 Å². The van der Waals surface area contributed by atoms with Crippen molar-refractivity contribution >= 4 is 34.5 Å². The standard InChI is InChI=1S/C26H26N6O3S/c1-18-14-19(15-31-10-12-35-13-11-31)2-7-22(18)30-26(34)24-9-8-23(36-24)25(33)29-20-3-5-21(6-4-20)32-17-27-16-28-32/h2-9,14,16-17H,10-13,15H2,1H3,(H,29,33)(H,30,34). The fourth-order valence-electron chi connectivity index (χ4n) is 3.98. The summed E-state index contributed by atoms with van der Waals surface area (Å²) in [5.41, 5.74) is 4.45. The number of morpholine rings is 1. The Morgan fingerprint density at radius 2 is 1.69 bits per heavy atom. The Balaban J connectivity index is 1.18. The normalized spacial score (nSPS) is 13.9. The van der Waals surface area contributed by atoms with Crippen LogP contribution in [-0.4, -0.2) is 57.8 Å². The molecule has 1 aliphatic rings. The monoisotopic (exact) mass is 502 g/mol. The first-order valence-electron chi connectivity index (χ1n) is 11.6. The molecule has 10 heteroatoms. The lowest BCUT2D eigenvalue weighted by Crippen LogP contribution is -2.35. The molecular formula is C26H26N6O3S. The molecule has 184 valence electrons. The lowest BCUT2D eigenvalue weighted by atomic mass is 10.1. The summed E-state index contributed by atoms with van der Waals surface area (Å²) >= 11 is 1.16. The number of amides is 2. The van der Waals surface area contributed by atoms with Crippen molar-refractivity contribution in [2.45, 2.75) is 13.5 Å². The maximum atomic E-state index is 12.8. The number of nitrogens with one attached hydrogen (secondary N) is 2. The van der Waals surface area contributed by atoms with Crippen LogP contribution in [0.4, 0.5) is 11.4 Å². The maximum absolute atomic E-state index is 12.8. The second-order valence-corrected chi connectivity index (χ2v) is 9.58. The summed E-state index contributed by atoms with van der Waals surface area (Å²) < 4.78 is 7.05. The number of ether oxygens (including phenoxy) is 1. The molecule has 0 spiro atoms. The van der Waals surface area contributed by atoms with Crippen molar-refractivity contribution < 1.29 is 14.3 Å². The molecule has 0 saturated carbocycles. The predicted molar refractivity (Wildman–Crippen MR) is 139 cm³/mol. The minimum atomic E-state index is -0.267. The Bertz CT molecular complexity index is 1340. The van der Waals surface area contributed by atoms with Gasteiger partial charge in [0.25, 0.3) is 11.8 Å². The van der Waals surface area contributed by atoms with E-state index in [1.54, 1.807) is 35.3 Å². The van der Waals surface area contributed by atoms with Crippen LogP contribution in [-0.2, 0) is 11.3 Å². The average Bonchev–Trinajstić information content (AvgIpc) is 3.60. The van der Waals surface area contributed by atoms with Crippen LogP contribution in [0.1, 0.15) is 30.5 Å². The highest BCUT2D eigenvalue weighted by Crippen LogP contribution is 2.23. The van der Waals surface area contributed by atoms with Gasteiger partial charge < -0.3 is 15.4 Å². The third-order valence-electron chi connectivity index (χ3n) is 5.91. The lowest BCUT2D eigenvalue weighted by molar-refractivity contribution is 0.0342. The second-order valence-electron chi connectivity index (χ2n) is 8.50. The quantitative estimate of drug-likeness (QED) is 0.397. The van der Waals surface area contributed by atoms with Crippen molar-refractivity contribution in [1.29, 1.82) is 0 Å². The van der Waals surface area contributed by atoms with Crippen molar-refractivity contribution in [3.05, 3.63) is 88.1 Å². The van der Waals surface area contributed by atoms with Gasteiger partial charge in [0, 0.05) is 31.0 Å². The van der Waals surface area contributed by atoms with E-state index in [4.69, 9.17) is 4.74 Å². The largest absolute Gasteiger partial charge is 0.379 e. The molecule has 1 fully saturated rings. The summed E-state index contributed by atoms with van der Waals surface area (Å²) in [6, 6.07) is 16.7. The van der Waals surface area contributed by atoms with Crippen LogP contribution in [0.3, 0.4) is 0 Å². The van der Waals surface area contributed by atoms with E-state index in [2.05, 4.69) is 31.7 Å². The smallest absolute Gasteiger partial charge is 0.265 e. The number of hydrogen-bond donors (Lipinski definition) is 2. The van der Waals surface area contributed by atoms with E-state index in [9.17, 15) is 9.59 Å². The van der Waals surface area contributed by atoms with E-state index in [1.807, 2.05) is 31.2 Å². The first kappa shape index (κ1) is 23.9. The molecular weight excluding hydrogens is 476 g/mol. The van der Waals surface area contributed by atoms with Gasteiger partial charge in [0.15, 0.2) is 0 Å². The predicted octanol–water partition coefficient (Wildman–Crippen LogP) is 3.97. The van der Waals surface area contributed by atoms with Crippen molar-refractivity contribution in [1.82, 2.24) is 19.7 Å². The molecule has 1 saturated heterocycles. The SMILES string of the molecule is Cc1cc(CN2CCOCC2)ccc1NC(=O)c1ccc(C(=O)Nc2ccc(-n3cncn3)cc2)s1. The fraction of sp³-hybridized carbons (Fsp3) is 0.231. The molecule has 2 aromatic heterocycles. The van der Waals surface area contributed by atoms with Gasteiger partial charge in [0.2, 0.25) is 0 Å². The zero-order valence-electron chi connectivity index (χ0n) is 19.8. The molecule has 0 radical (unpaired) electrons. The van der Waals surface area contributed by atoms with Gasteiger partial charge in [-0.05, 0) is 60.5 Å². The number of aromatic nitrogens is 3. The van der Waals surface area contributed by atoms with Gasteiger partial charge in [-0.15, -0.1) is 11.3 Å². The molecule has 2 aromatic carbocycles. The molecule has 9 nitrogen and oxygen atoms in total. The van der Waals surface area contributed by atoms with E-state index in [-0.39, 0.29) is 11.8 Å². The number of aryl methyl sites for hydroxylation is 1. The third-order valence-corrected chi connectivity index (χ3v) is 6.99. The molecule has 1 aliphatic heterocycles. The molecule has 0 atom stereocenters. The number of rotatable bonds is 7. The van der Waals surface area contributed by atoms with Crippen molar-refractivity contribution in [2.24, 2.45) is 0 Å². The minimum Gasteiger partial charge on any atom is -0.379 e. The molecule has 3 heterocycles. The van der Waals surface area contributed by atoms with Crippen LogP contribution in [0.2, 0.25) is 0 Å². The van der Waals surface area contributed by atoms with Gasteiger partial charge in [-0.3, -0.25) is 14.5 Å². The molecule has 4 aromatic rings. The minimum absolute atomic E-state index is 0.236. The van der Waals surface area contributed by atoms with Crippen molar-refractivity contribution in [2.75, 3.05) is 36.9 Å². The van der Waals surface area contributed by atoms with Crippen molar-refractivity contribution in [3.63, 3.8) is 0 Å². The van der Waals surface area contributed by atoms with Crippen LogP contribution >= 0.6 is 11.3 Å². The first-order chi connectivity index (χ1) is 17.5. The summed E-state index contributed by atoms with van der Waals surface area (Å²) in [6.45, 7) is 6.25. The van der Waals surface area contributed by atoms with Gasteiger partial charge in [-0.2, -0.15) is 5.10 Å². The molecule has 2 N–H and O–H groups in total. The van der Waals surface area contributed by atoms with Crippen LogP contribution in [0.15, 0.2) is 67.3 Å². The highest BCUT2D eigenvalue weighted by molar-refractivity contribution is 7.16. The van der Waals surface area contributed by atoms with Gasteiger partial charge >= 0.3 is 0 Å². The Kier molecular flexibility index (Phi) is 7.17. The number of benzene rings is 2. The van der Waals surface area contributed by atoms with Crippen molar-refractivity contribution in [3.8, 4) is 5.69 Å². The summed E-state index contributed by atoms with van der Waals surface area (Å²) in [5.74, 6) is -0.503. The molecule has 0 bridgehead atoms. The molecule has 36 heavy (non-hydrogen) atoms. The van der Waals surface area contributed by atoms with Crippen LogP contribution in [0, 0.1) is 6.92 Å². The Morgan fingerprint density at radius 1 is 0.972 bits per heavy atom. The second kappa shape index (κ2) is 10.8. The van der Waals surface area contributed by atoms with E-state index in [0.29, 0.717) is 15.4 Å². The molecule has 5 rings (SSSR count). The topological polar surface area (TPSA) is 101 Å². The number of carbonyl (C=O) groups excluding carboxylic acids is 2. The summed E-state index contributed by atoms with van der Waals surface area (Å²) in [4.78, 5) is 32.8. The van der Waals surface area contributed by atoms with Crippen LogP contribution < -0.4 is 10.6 Å². The van der Waals surface area contributed by atoms with Crippen LogP contribution in [0.5, 0.6) is 0 Å². The van der Waals surface area contributed by atoms with E-state index >= 15 is 0 Å². The third kappa shape index (κ3) is 5.68. The average molecular weight is 503 g/mol. The summed E-state index contributed by atoms with van der Waals surface area (Å²) in [6.07, 6.45) is 3.07. The number of thiophene rings is 1. The van der Waals surface area contributed by atoms with E-state index < -0.39 is 0 Å². The molecule has 2 amide bonds. The number of anilines is 2. The highest BCUT2D eigenvalue weighted by atomic mass is 32.1. The van der Waals surface area contributed by atoms with Gasteiger partial charge in [-0.25, -0.2) is 9.67 Å². The number of nitrogens with zero attached hydrogens (tertiary/aromatic N) is 4. The zero-order valence-corrected chi connectivity index (χ0v) is 20.6. The van der Waals surface area contributed by atoms with E-state index in [1.165, 1.54) is 11.9 Å². The zero-order chi connectivity index (χ0) is 24.9. The molecule has 0 unspecified atom stereocenters. The first-order valence-corrected chi connectivity index (χ1v) is 12.4. The highest BCUT2D eigenvalue weighted by Gasteiger charge is 2.16. The Morgan fingerprint density at radius 3 is 2.36 bits per heavy atom.